The topological polar surface area (TPSA) is 73.5 Å². The zero-order valence-electron chi connectivity index (χ0n) is 19.4. The van der Waals surface area contributed by atoms with Crippen molar-refractivity contribution in [1.82, 2.24) is 10.6 Å². The molecule has 6 nitrogen and oxygen atoms in total. The van der Waals surface area contributed by atoms with Crippen molar-refractivity contribution in [1.29, 1.82) is 0 Å². The second-order valence-corrected chi connectivity index (χ2v) is 10.1. The van der Waals surface area contributed by atoms with Crippen molar-refractivity contribution < 1.29 is 17.4 Å². The van der Waals surface area contributed by atoms with Crippen LogP contribution in [0.15, 0.2) is 32.9 Å². The van der Waals surface area contributed by atoms with E-state index in [2.05, 4.69) is 85.0 Å². The predicted octanol–water partition coefficient (Wildman–Crippen LogP) is 5.80. The fourth-order valence-corrected chi connectivity index (χ4v) is 0.913. The van der Waals surface area contributed by atoms with E-state index in [0.29, 0.717) is 0 Å². The van der Waals surface area contributed by atoms with E-state index in [-0.39, 0.29) is 39.5 Å². The smallest absolute Gasteiger partial charge is 0.418 e. The second-order valence-electron chi connectivity index (χ2n) is 10.1. The van der Waals surface area contributed by atoms with Gasteiger partial charge in [0.25, 0.3) is 0 Å². The van der Waals surface area contributed by atoms with Crippen molar-refractivity contribution in [3.63, 3.8) is 0 Å². The summed E-state index contributed by atoms with van der Waals surface area (Å²) < 4.78 is 0. The van der Waals surface area contributed by atoms with Crippen LogP contribution in [0.1, 0.15) is 83.1 Å². The van der Waals surface area contributed by atoms with E-state index in [0.717, 1.165) is 0 Å². The maximum atomic E-state index is 4.02. The number of azo groups is 2. The molecule has 156 valence electrons. The van der Waals surface area contributed by atoms with Crippen LogP contribution < -0.4 is 10.6 Å². The first-order valence-electron chi connectivity index (χ1n) is 8.95. The van der Waals surface area contributed by atoms with Crippen LogP contribution in [0.4, 0.5) is 0 Å². The van der Waals surface area contributed by atoms with Gasteiger partial charge in [0.15, 0.2) is 0 Å². The van der Waals surface area contributed by atoms with Gasteiger partial charge in [-0.05, 0) is 83.1 Å². The van der Waals surface area contributed by atoms with Gasteiger partial charge in [-0.2, -0.15) is 12.4 Å². The van der Waals surface area contributed by atoms with E-state index in [1.165, 1.54) is 0 Å². The fourth-order valence-electron chi connectivity index (χ4n) is 0.913. The Morgan fingerprint density at radius 2 is 0.815 bits per heavy atom. The standard InChI is InChI=1S/2C10H20N3.Cr/c2*1-9(2,3)11-7-8-12-13-10(4,5)6;/h2*7,11H,1-6H3;/q2*-1;+2. The molecular weight excluding hydrogens is 376 g/mol. The van der Waals surface area contributed by atoms with Crippen molar-refractivity contribution in [2.45, 2.75) is 105 Å². The quantitative estimate of drug-likeness (QED) is 0.449. The molecule has 7 heteroatoms. The molecule has 0 aromatic carbocycles. The summed E-state index contributed by atoms with van der Waals surface area (Å²) in [5.41, 5.74) is -0.125. The number of nitrogens with zero attached hydrogens (tertiary/aromatic N) is 4. The first-order chi connectivity index (χ1) is 11.4. The third-order valence-corrected chi connectivity index (χ3v) is 1.95. The Morgan fingerprint density at radius 1 is 0.556 bits per heavy atom. The maximum Gasteiger partial charge on any atom is 2.00 e. The Kier molecular flexibility index (Phi) is 14.8. The summed E-state index contributed by atoms with van der Waals surface area (Å²) in [4.78, 5) is 0. The minimum Gasteiger partial charge on any atom is -0.418 e. The fraction of sp³-hybridized carbons (Fsp3) is 0.800. The normalized spacial score (nSPS) is 13.8. The molecule has 0 unspecified atom stereocenters. The van der Waals surface area contributed by atoms with Crippen LogP contribution in [0.5, 0.6) is 0 Å². The third-order valence-electron chi connectivity index (χ3n) is 1.95. The van der Waals surface area contributed by atoms with Gasteiger partial charge >= 0.3 is 17.4 Å². The molecule has 0 atom stereocenters. The number of hydrogen-bond donors (Lipinski definition) is 2. The summed E-state index contributed by atoms with van der Waals surface area (Å²) >= 11 is 0. The number of rotatable bonds is 4. The van der Waals surface area contributed by atoms with Crippen LogP contribution in [0.3, 0.4) is 0 Å². The average molecular weight is 417 g/mol. The summed E-state index contributed by atoms with van der Waals surface area (Å²) in [6, 6.07) is 0. The molecule has 0 aliphatic heterocycles. The summed E-state index contributed by atoms with van der Waals surface area (Å²) in [6.45, 7) is 24.4. The van der Waals surface area contributed by atoms with Gasteiger partial charge in [-0.3, -0.25) is 0 Å². The van der Waals surface area contributed by atoms with E-state index in [9.17, 15) is 0 Å². The number of nitrogens with one attached hydrogen (secondary N) is 2. The minimum atomic E-state index is -0.122. The zero-order chi connectivity index (χ0) is 21.1. The van der Waals surface area contributed by atoms with E-state index in [1.807, 2.05) is 41.5 Å². The molecule has 0 aliphatic carbocycles. The Morgan fingerprint density at radius 3 is 1.00 bits per heavy atom. The molecule has 0 spiro atoms. The van der Waals surface area contributed by atoms with Crippen molar-refractivity contribution in [3.05, 3.63) is 24.8 Å². The van der Waals surface area contributed by atoms with Gasteiger partial charge in [0.1, 0.15) is 0 Å². The summed E-state index contributed by atoms with van der Waals surface area (Å²) in [5.74, 6) is 0. The predicted molar refractivity (Wildman–Crippen MR) is 111 cm³/mol. The monoisotopic (exact) mass is 416 g/mol. The molecule has 0 aromatic rings. The van der Waals surface area contributed by atoms with Gasteiger partial charge in [0, 0.05) is 11.1 Å². The number of hydrogen-bond acceptors (Lipinski definition) is 6. The Hall–Kier alpha value is -1.19. The van der Waals surface area contributed by atoms with Crippen LogP contribution in [-0.4, -0.2) is 22.2 Å². The second kappa shape index (κ2) is 13.1. The van der Waals surface area contributed by atoms with E-state index < -0.39 is 0 Å². The first kappa shape index (κ1) is 30.5. The van der Waals surface area contributed by atoms with Gasteiger partial charge in [-0.1, -0.05) is 0 Å². The van der Waals surface area contributed by atoms with E-state index >= 15 is 0 Å². The molecule has 0 saturated carbocycles. The summed E-state index contributed by atoms with van der Waals surface area (Å²) in [6.07, 6.45) is 8.82. The van der Waals surface area contributed by atoms with Crippen molar-refractivity contribution in [2.24, 2.45) is 20.5 Å². The zero-order valence-corrected chi connectivity index (χ0v) is 20.6. The Bertz CT molecular complexity index is 435. The van der Waals surface area contributed by atoms with Crippen LogP contribution in [0.2, 0.25) is 0 Å². The van der Waals surface area contributed by atoms with Gasteiger partial charge in [-0.15, -0.1) is 0 Å². The molecule has 0 radical (unpaired) electrons. The molecule has 0 aromatic heterocycles. The Labute approximate surface area is 178 Å². The molecule has 0 fully saturated rings. The average Bonchev–Trinajstić information content (AvgIpc) is 2.33. The molecule has 0 aliphatic rings. The van der Waals surface area contributed by atoms with Gasteiger partial charge in [0.05, 0.1) is 11.1 Å². The van der Waals surface area contributed by atoms with Crippen molar-refractivity contribution in [3.8, 4) is 0 Å². The van der Waals surface area contributed by atoms with Gasteiger partial charge in [-0.25, -0.2) is 10.2 Å². The van der Waals surface area contributed by atoms with Gasteiger partial charge in [0.2, 0.25) is 0 Å². The maximum absolute atomic E-state index is 4.02. The molecule has 0 amide bonds. The molecule has 0 saturated heterocycles. The molecule has 2 N–H and O–H groups in total. The summed E-state index contributed by atoms with van der Waals surface area (Å²) in [5, 5.41) is 21.9. The molecule has 0 heterocycles. The minimum absolute atomic E-state index is 0. The Balaban J connectivity index is -0.000000411. The van der Waals surface area contributed by atoms with Crippen molar-refractivity contribution in [2.75, 3.05) is 0 Å². The molecular formula is C20H40CrN6. The van der Waals surface area contributed by atoms with Crippen LogP contribution in [0.25, 0.3) is 0 Å². The molecule has 27 heavy (non-hydrogen) atoms. The molecule has 0 bridgehead atoms. The molecule has 0 rings (SSSR count). The van der Waals surface area contributed by atoms with Crippen LogP contribution in [-0.2, 0) is 17.4 Å². The summed E-state index contributed by atoms with van der Waals surface area (Å²) in [7, 11) is 0. The largest absolute Gasteiger partial charge is 2.00 e. The van der Waals surface area contributed by atoms with Crippen LogP contribution in [0, 0.1) is 12.4 Å². The SMILES string of the molecule is CC(C)(C)N=N[C-]=CNC(C)(C)C.CC(C)(C)N=N[C-]=CNC(C)(C)C.[Cr+2]. The third kappa shape index (κ3) is 36.5. The van der Waals surface area contributed by atoms with Gasteiger partial charge < -0.3 is 33.3 Å². The van der Waals surface area contributed by atoms with E-state index in [1.54, 1.807) is 12.4 Å². The van der Waals surface area contributed by atoms with Crippen LogP contribution >= 0.6 is 0 Å². The van der Waals surface area contributed by atoms with E-state index in [4.69, 9.17) is 0 Å². The first-order valence-corrected chi connectivity index (χ1v) is 8.95. The van der Waals surface area contributed by atoms with Crippen molar-refractivity contribution >= 4 is 0 Å².